The van der Waals surface area contributed by atoms with E-state index in [4.69, 9.17) is 0 Å². The molecule has 2 aliphatic rings. The minimum Gasteiger partial charge on any atom is -0.368 e. The van der Waals surface area contributed by atoms with Crippen LogP contribution in [0.2, 0.25) is 0 Å². The molecule has 0 saturated carbocycles. The molecule has 0 unspecified atom stereocenters. The number of carbonyl (C=O) groups is 1. The molecule has 2 saturated heterocycles. The van der Waals surface area contributed by atoms with E-state index in [1.807, 2.05) is 4.90 Å². The predicted molar refractivity (Wildman–Crippen MR) is 101 cm³/mol. The van der Waals surface area contributed by atoms with Gasteiger partial charge in [-0.1, -0.05) is 0 Å². The van der Waals surface area contributed by atoms with E-state index < -0.39 is 4.92 Å². The Kier molecular flexibility index (Phi) is 5.91. The Balaban J connectivity index is 1.58. The van der Waals surface area contributed by atoms with Crippen LogP contribution in [0.4, 0.5) is 11.4 Å². The van der Waals surface area contributed by atoms with E-state index in [9.17, 15) is 20.2 Å². The van der Waals surface area contributed by atoms with Crippen molar-refractivity contribution >= 4 is 17.3 Å². The molecule has 1 aromatic rings. The summed E-state index contributed by atoms with van der Waals surface area (Å²) in [4.78, 5) is 29.2. The number of non-ortho nitro benzene ring substituents is 1. The first-order valence-corrected chi connectivity index (χ1v) is 9.45. The zero-order valence-corrected chi connectivity index (χ0v) is 15.6. The van der Waals surface area contributed by atoms with Gasteiger partial charge in [-0.2, -0.15) is 5.26 Å². The first-order valence-electron chi connectivity index (χ1n) is 9.45. The summed E-state index contributed by atoms with van der Waals surface area (Å²) in [6.07, 6.45) is 3.36. The van der Waals surface area contributed by atoms with E-state index in [0.717, 1.165) is 38.2 Å². The maximum Gasteiger partial charge on any atom is 0.270 e. The van der Waals surface area contributed by atoms with E-state index in [1.165, 1.54) is 18.6 Å². The fraction of sp³-hybridized carbons (Fsp3) is 0.579. The molecule has 8 nitrogen and oxygen atoms in total. The Hall–Kier alpha value is -2.66. The third kappa shape index (κ3) is 4.37. The average Bonchev–Trinajstić information content (AvgIpc) is 2.68. The number of rotatable bonds is 4. The molecule has 2 heterocycles. The number of anilines is 1. The molecule has 3 rings (SSSR count). The Labute approximate surface area is 159 Å². The standard InChI is InChI=1S/C19H25N5O3/c1-15-4-2-3-7-23(15)19(25)14-21-8-10-22(11-9-21)18-6-5-17(24(26)27)12-16(18)13-20/h5-6,12,15H,2-4,7-11,14H2,1H3/t15-/m1/s1. The molecule has 2 fully saturated rings. The highest BCUT2D eigenvalue weighted by molar-refractivity contribution is 5.78. The number of piperidine rings is 1. The van der Waals surface area contributed by atoms with Gasteiger partial charge in [-0.25, -0.2) is 0 Å². The maximum atomic E-state index is 12.6. The average molecular weight is 371 g/mol. The molecule has 1 atom stereocenters. The summed E-state index contributed by atoms with van der Waals surface area (Å²) in [5.41, 5.74) is 0.963. The lowest BCUT2D eigenvalue weighted by molar-refractivity contribution is -0.384. The van der Waals surface area contributed by atoms with Crippen LogP contribution in [0, 0.1) is 21.4 Å². The van der Waals surface area contributed by atoms with Crippen LogP contribution in [0.3, 0.4) is 0 Å². The maximum absolute atomic E-state index is 12.6. The quantitative estimate of drug-likeness (QED) is 0.593. The topological polar surface area (TPSA) is 93.7 Å². The van der Waals surface area contributed by atoms with Crippen molar-refractivity contribution in [2.24, 2.45) is 0 Å². The highest BCUT2D eigenvalue weighted by Crippen LogP contribution is 2.26. The van der Waals surface area contributed by atoms with Crippen molar-refractivity contribution in [3.63, 3.8) is 0 Å². The van der Waals surface area contributed by atoms with Crippen molar-refractivity contribution in [2.75, 3.05) is 44.2 Å². The summed E-state index contributed by atoms with van der Waals surface area (Å²) < 4.78 is 0. The van der Waals surface area contributed by atoms with E-state index in [-0.39, 0.29) is 11.6 Å². The zero-order valence-electron chi connectivity index (χ0n) is 15.6. The van der Waals surface area contributed by atoms with Crippen molar-refractivity contribution in [1.82, 2.24) is 9.80 Å². The molecule has 0 bridgehead atoms. The number of hydrogen-bond acceptors (Lipinski definition) is 6. The molecular formula is C19H25N5O3. The number of piperazine rings is 1. The minimum absolute atomic E-state index is 0.0739. The van der Waals surface area contributed by atoms with Crippen LogP contribution < -0.4 is 4.90 Å². The van der Waals surface area contributed by atoms with E-state index >= 15 is 0 Å². The molecular weight excluding hydrogens is 346 g/mol. The highest BCUT2D eigenvalue weighted by atomic mass is 16.6. The number of hydrogen-bond donors (Lipinski definition) is 0. The van der Waals surface area contributed by atoms with Crippen LogP contribution in [-0.4, -0.2) is 65.9 Å². The lowest BCUT2D eigenvalue weighted by Crippen LogP contribution is -2.52. The van der Waals surface area contributed by atoms with Gasteiger partial charge in [0.25, 0.3) is 5.69 Å². The van der Waals surface area contributed by atoms with Gasteiger partial charge in [0.15, 0.2) is 0 Å². The van der Waals surface area contributed by atoms with Crippen LogP contribution in [0.15, 0.2) is 18.2 Å². The summed E-state index contributed by atoms with van der Waals surface area (Å²) in [7, 11) is 0. The van der Waals surface area contributed by atoms with Gasteiger partial charge in [-0.15, -0.1) is 0 Å². The largest absolute Gasteiger partial charge is 0.368 e. The number of nitrogens with zero attached hydrogens (tertiary/aromatic N) is 5. The number of nitro benzene ring substituents is 1. The second-order valence-corrected chi connectivity index (χ2v) is 7.27. The second-order valence-electron chi connectivity index (χ2n) is 7.27. The molecule has 8 heteroatoms. The van der Waals surface area contributed by atoms with Crippen molar-refractivity contribution in [3.8, 4) is 6.07 Å². The minimum atomic E-state index is -0.490. The van der Waals surface area contributed by atoms with E-state index in [2.05, 4.69) is 22.8 Å². The third-order valence-electron chi connectivity index (χ3n) is 5.51. The van der Waals surface area contributed by atoms with Crippen LogP contribution in [0.25, 0.3) is 0 Å². The molecule has 27 heavy (non-hydrogen) atoms. The number of nitriles is 1. The molecule has 0 radical (unpaired) electrons. The monoisotopic (exact) mass is 371 g/mol. The first kappa shape index (κ1) is 19.1. The van der Waals surface area contributed by atoms with E-state index in [0.29, 0.717) is 31.2 Å². The number of benzene rings is 1. The Morgan fingerprint density at radius 2 is 2.00 bits per heavy atom. The molecule has 0 N–H and O–H groups in total. The van der Waals surface area contributed by atoms with Crippen molar-refractivity contribution < 1.29 is 9.72 Å². The van der Waals surface area contributed by atoms with Gasteiger partial charge in [0.05, 0.1) is 22.7 Å². The van der Waals surface area contributed by atoms with E-state index in [1.54, 1.807) is 6.07 Å². The van der Waals surface area contributed by atoms with Crippen molar-refractivity contribution in [2.45, 2.75) is 32.2 Å². The summed E-state index contributed by atoms with van der Waals surface area (Å²) in [5, 5.41) is 20.2. The molecule has 1 aromatic carbocycles. The lowest BCUT2D eigenvalue weighted by atomic mass is 10.0. The van der Waals surface area contributed by atoms with Crippen LogP contribution >= 0.6 is 0 Å². The van der Waals surface area contributed by atoms with Gasteiger partial charge in [0.1, 0.15) is 6.07 Å². The van der Waals surface area contributed by atoms with Gasteiger partial charge in [0.2, 0.25) is 5.91 Å². The molecule has 0 spiro atoms. The van der Waals surface area contributed by atoms with Gasteiger partial charge in [-0.3, -0.25) is 19.8 Å². The Morgan fingerprint density at radius 3 is 2.63 bits per heavy atom. The van der Waals surface area contributed by atoms with Gasteiger partial charge in [-0.05, 0) is 32.3 Å². The van der Waals surface area contributed by atoms with Gasteiger partial charge < -0.3 is 9.80 Å². The van der Waals surface area contributed by atoms with Gasteiger partial charge in [0, 0.05) is 50.9 Å². The Bertz CT molecular complexity index is 752. The first-order chi connectivity index (χ1) is 13.0. The third-order valence-corrected chi connectivity index (χ3v) is 5.51. The molecule has 2 aliphatic heterocycles. The smallest absolute Gasteiger partial charge is 0.270 e. The fourth-order valence-electron chi connectivity index (χ4n) is 3.90. The molecule has 0 aromatic heterocycles. The normalized spacial score (nSPS) is 21.0. The molecule has 1 amide bonds. The Morgan fingerprint density at radius 1 is 1.26 bits per heavy atom. The van der Waals surface area contributed by atoms with Gasteiger partial charge >= 0.3 is 0 Å². The van der Waals surface area contributed by atoms with Crippen molar-refractivity contribution in [3.05, 3.63) is 33.9 Å². The number of nitro groups is 1. The summed E-state index contributed by atoms with van der Waals surface area (Å²) in [6.45, 7) is 6.25. The summed E-state index contributed by atoms with van der Waals surface area (Å²) >= 11 is 0. The lowest BCUT2D eigenvalue weighted by Gasteiger charge is -2.38. The van der Waals surface area contributed by atoms with Crippen molar-refractivity contribution in [1.29, 1.82) is 5.26 Å². The second kappa shape index (κ2) is 8.35. The van der Waals surface area contributed by atoms with Crippen LogP contribution in [0.1, 0.15) is 31.7 Å². The SMILES string of the molecule is C[C@@H]1CCCCN1C(=O)CN1CCN(c2ccc([N+](=O)[O-])cc2C#N)CC1. The summed E-state index contributed by atoms with van der Waals surface area (Å²) in [6, 6.07) is 6.79. The zero-order chi connectivity index (χ0) is 19.4. The summed E-state index contributed by atoms with van der Waals surface area (Å²) in [5.74, 6) is 0.198. The van der Waals surface area contributed by atoms with Crippen LogP contribution in [0.5, 0.6) is 0 Å². The highest BCUT2D eigenvalue weighted by Gasteiger charge is 2.27. The molecule has 144 valence electrons. The number of amides is 1. The number of likely N-dealkylation sites (tertiary alicyclic amines) is 1. The fourth-order valence-corrected chi connectivity index (χ4v) is 3.90. The van der Waals surface area contributed by atoms with Crippen LogP contribution in [-0.2, 0) is 4.79 Å². The predicted octanol–water partition coefficient (Wildman–Crippen LogP) is 1.99. The molecule has 0 aliphatic carbocycles. The number of carbonyl (C=O) groups excluding carboxylic acids is 1.